The normalized spacial score (nSPS) is 21.6. The fourth-order valence-electron chi connectivity index (χ4n) is 4.89. The molecule has 3 N–H and O–H groups in total. The minimum Gasteiger partial charge on any atom is -0.364 e. The molecule has 0 bridgehead atoms. The molecule has 1 saturated heterocycles. The number of aromatic nitrogens is 4. The number of allylic oxidation sites excluding steroid dienone is 1. The molecule has 3 aliphatic heterocycles. The van der Waals surface area contributed by atoms with Gasteiger partial charge in [-0.3, -0.25) is 24.1 Å². The lowest BCUT2D eigenvalue weighted by atomic mass is 10.0. The summed E-state index contributed by atoms with van der Waals surface area (Å²) in [5.41, 5.74) is 8.76. The van der Waals surface area contributed by atoms with Crippen LogP contribution in [0.15, 0.2) is 75.4 Å². The van der Waals surface area contributed by atoms with Crippen molar-refractivity contribution in [2.45, 2.75) is 31.3 Å². The van der Waals surface area contributed by atoms with Crippen LogP contribution in [0.2, 0.25) is 0 Å². The lowest BCUT2D eigenvalue weighted by Crippen LogP contribution is -2.49. The van der Waals surface area contributed by atoms with Crippen molar-refractivity contribution in [1.82, 2.24) is 30.2 Å². The Morgan fingerprint density at radius 3 is 2.82 bits per heavy atom. The summed E-state index contributed by atoms with van der Waals surface area (Å²) in [5.74, 6) is -1.84. The van der Waals surface area contributed by atoms with Gasteiger partial charge >= 0.3 is 0 Å². The average molecular weight is 529 g/mol. The second-order valence-corrected chi connectivity index (χ2v) is 9.19. The van der Waals surface area contributed by atoms with Gasteiger partial charge in [-0.1, -0.05) is 6.07 Å². The SMILES string of the molecule is NC(=O)c1nn(CC(=O)N2CC(F)CC2C(=O)NC2N=CC=C3N=NC=C32)c2ccc(-c3ccnnc3)cc12. The van der Waals surface area contributed by atoms with Crippen LogP contribution in [0.1, 0.15) is 16.9 Å². The number of dihydropyridines is 1. The van der Waals surface area contributed by atoms with Gasteiger partial charge in [-0.2, -0.15) is 25.5 Å². The van der Waals surface area contributed by atoms with Crippen LogP contribution in [-0.4, -0.2) is 73.7 Å². The van der Waals surface area contributed by atoms with Gasteiger partial charge in [-0.25, -0.2) is 4.39 Å². The van der Waals surface area contributed by atoms with Gasteiger partial charge in [0.15, 0.2) is 11.9 Å². The van der Waals surface area contributed by atoms with Crippen LogP contribution in [-0.2, 0) is 16.1 Å². The van der Waals surface area contributed by atoms with Gasteiger partial charge in [0.1, 0.15) is 18.8 Å². The molecule has 39 heavy (non-hydrogen) atoms. The largest absolute Gasteiger partial charge is 0.364 e. The number of carbonyl (C=O) groups is 3. The van der Waals surface area contributed by atoms with E-state index in [0.29, 0.717) is 22.2 Å². The number of hydrogen-bond donors (Lipinski definition) is 2. The molecule has 3 unspecified atom stereocenters. The predicted molar refractivity (Wildman–Crippen MR) is 136 cm³/mol. The first-order valence-electron chi connectivity index (χ1n) is 12.0. The number of nitrogens with one attached hydrogen (secondary N) is 1. The molecule has 1 aromatic carbocycles. The third kappa shape index (κ3) is 4.45. The van der Waals surface area contributed by atoms with E-state index in [4.69, 9.17) is 5.73 Å². The number of halogens is 1. The molecule has 0 spiro atoms. The van der Waals surface area contributed by atoms with Gasteiger partial charge in [-0.15, -0.1) is 0 Å². The summed E-state index contributed by atoms with van der Waals surface area (Å²) in [6.07, 6.45) is 5.53. The number of nitrogens with two attached hydrogens (primary N) is 1. The number of azo groups is 1. The zero-order valence-corrected chi connectivity index (χ0v) is 20.3. The van der Waals surface area contributed by atoms with E-state index in [1.165, 1.54) is 22.0 Å². The van der Waals surface area contributed by atoms with Gasteiger partial charge in [0.05, 0.1) is 36.4 Å². The predicted octanol–water partition coefficient (Wildman–Crippen LogP) is 1.29. The minimum absolute atomic E-state index is 0.0135. The van der Waals surface area contributed by atoms with Crippen LogP contribution in [0.25, 0.3) is 22.0 Å². The number of primary amides is 1. The first-order valence-corrected chi connectivity index (χ1v) is 12.0. The van der Waals surface area contributed by atoms with E-state index in [-0.39, 0.29) is 25.2 Å². The molecule has 3 atom stereocenters. The average Bonchev–Trinajstić information content (AvgIpc) is 3.66. The topological polar surface area (TPSA) is 173 Å². The summed E-state index contributed by atoms with van der Waals surface area (Å²) in [6, 6.07) is 5.95. The fourth-order valence-corrected chi connectivity index (χ4v) is 4.89. The molecular formula is C25H21FN10O3. The zero-order chi connectivity index (χ0) is 27.1. The Morgan fingerprint density at radius 1 is 1.15 bits per heavy atom. The summed E-state index contributed by atoms with van der Waals surface area (Å²) in [7, 11) is 0. The molecule has 3 amide bonds. The summed E-state index contributed by atoms with van der Waals surface area (Å²) >= 11 is 0. The van der Waals surface area contributed by atoms with Crippen molar-refractivity contribution < 1.29 is 18.8 Å². The third-order valence-electron chi connectivity index (χ3n) is 6.76. The summed E-state index contributed by atoms with van der Waals surface area (Å²) in [5, 5.41) is 22.9. The standard InChI is InChI=1S/C25H21FN10O3/c26-15-8-20(25(39)32-24-17-10-31-33-18(17)4-5-28-24)35(11-15)21(37)12-36-19-2-1-13(14-3-6-29-30-9-14)7-16(19)22(34-36)23(27)38/h1-7,9-10,15,20,24H,8,11-12H2,(H2,27,38)(H,32,39). The number of aliphatic imine (C=N–C) groups is 1. The van der Waals surface area contributed by atoms with Crippen molar-refractivity contribution in [3.8, 4) is 11.1 Å². The van der Waals surface area contributed by atoms with Crippen molar-refractivity contribution in [2.24, 2.45) is 21.0 Å². The summed E-state index contributed by atoms with van der Waals surface area (Å²) in [6.45, 7) is -0.571. The number of likely N-dealkylation sites (tertiary alicyclic amines) is 1. The monoisotopic (exact) mass is 528 g/mol. The Kier molecular flexibility index (Phi) is 5.98. The molecule has 3 aromatic rings. The maximum Gasteiger partial charge on any atom is 0.269 e. The van der Waals surface area contributed by atoms with Crippen LogP contribution in [0.3, 0.4) is 0 Å². The molecule has 0 radical (unpaired) electrons. The number of carbonyl (C=O) groups excluding carboxylic acids is 3. The van der Waals surface area contributed by atoms with Crippen molar-refractivity contribution in [3.05, 3.63) is 65.9 Å². The molecule has 3 aliphatic rings. The van der Waals surface area contributed by atoms with Crippen molar-refractivity contribution in [1.29, 1.82) is 0 Å². The molecule has 13 nitrogen and oxygen atoms in total. The van der Waals surface area contributed by atoms with E-state index < -0.39 is 36.1 Å². The Bertz CT molecular complexity index is 1630. The Labute approximate surface area is 220 Å². The molecule has 6 rings (SSSR count). The highest BCUT2D eigenvalue weighted by Gasteiger charge is 2.41. The molecule has 0 aliphatic carbocycles. The van der Waals surface area contributed by atoms with Crippen LogP contribution in [0.5, 0.6) is 0 Å². The highest BCUT2D eigenvalue weighted by molar-refractivity contribution is 6.05. The number of alkyl halides is 1. The number of benzene rings is 1. The van der Waals surface area contributed by atoms with E-state index in [0.717, 1.165) is 11.1 Å². The van der Waals surface area contributed by atoms with Gasteiger partial charge < -0.3 is 16.0 Å². The number of amides is 3. The molecule has 2 aromatic heterocycles. The summed E-state index contributed by atoms with van der Waals surface area (Å²) in [4.78, 5) is 44.1. The van der Waals surface area contributed by atoms with Gasteiger partial charge in [0, 0.05) is 29.2 Å². The van der Waals surface area contributed by atoms with Crippen molar-refractivity contribution in [2.75, 3.05) is 6.54 Å². The first kappa shape index (κ1) is 24.2. The molecular weight excluding hydrogens is 507 g/mol. The van der Waals surface area contributed by atoms with E-state index >= 15 is 0 Å². The lowest BCUT2D eigenvalue weighted by Gasteiger charge is -2.26. The van der Waals surface area contributed by atoms with Crippen molar-refractivity contribution in [3.63, 3.8) is 0 Å². The Hall–Kier alpha value is -5.14. The zero-order valence-electron chi connectivity index (χ0n) is 20.3. The highest BCUT2D eigenvalue weighted by Crippen LogP contribution is 2.28. The smallest absolute Gasteiger partial charge is 0.269 e. The lowest BCUT2D eigenvalue weighted by molar-refractivity contribution is -0.139. The van der Waals surface area contributed by atoms with E-state index in [9.17, 15) is 18.8 Å². The quantitative estimate of drug-likeness (QED) is 0.488. The van der Waals surface area contributed by atoms with E-state index in [1.54, 1.807) is 42.7 Å². The van der Waals surface area contributed by atoms with Crippen molar-refractivity contribution >= 4 is 34.8 Å². The van der Waals surface area contributed by atoms with Crippen LogP contribution >= 0.6 is 0 Å². The molecule has 5 heterocycles. The highest BCUT2D eigenvalue weighted by atomic mass is 19.1. The maximum absolute atomic E-state index is 14.5. The summed E-state index contributed by atoms with van der Waals surface area (Å²) < 4.78 is 15.8. The minimum atomic E-state index is -1.38. The molecule has 0 saturated carbocycles. The Morgan fingerprint density at radius 2 is 2.03 bits per heavy atom. The number of rotatable bonds is 6. The van der Waals surface area contributed by atoms with Crippen LogP contribution in [0.4, 0.5) is 4.39 Å². The molecule has 14 heteroatoms. The molecule has 1 fully saturated rings. The number of fused-ring (bicyclic) bond motifs is 2. The Balaban J connectivity index is 1.24. The number of nitrogens with zero attached hydrogens (tertiary/aromatic N) is 8. The first-order chi connectivity index (χ1) is 18.9. The third-order valence-corrected chi connectivity index (χ3v) is 6.76. The van der Waals surface area contributed by atoms with Gasteiger partial charge in [0.2, 0.25) is 11.8 Å². The van der Waals surface area contributed by atoms with E-state index in [1.807, 2.05) is 0 Å². The second-order valence-electron chi connectivity index (χ2n) is 9.19. The van der Waals surface area contributed by atoms with Gasteiger partial charge in [0.25, 0.3) is 5.91 Å². The fraction of sp³-hybridized carbons (Fsp3) is 0.240. The number of hydrogen-bond acceptors (Lipinski definition) is 9. The van der Waals surface area contributed by atoms with Gasteiger partial charge in [-0.05, 0) is 29.8 Å². The second kappa shape index (κ2) is 9.63. The maximum atomic E-state index is 14.5. The molecule has 196 valence electrons. The van der Waals surface area contributed by atoms with Crippen LogP contribution in [0, 0.1) is 0 Å². The van der Waals surface area contributed by atoms with Crippen LogP contribution < -0.4 is 11.1 Å². The van der Waals surface area contributed by atoms with E-state index in [2.05, 4.69) is 35.8 Å².